The zero-order valence-electron chi connectivity index (χ0n) is 7.91. The fourth-order valence-corrected chi connectivity index (χ4v) is 1.43. The number of ether oxygens (including phenoxy) is 1. The Hall–Kier alpha value is -0.650. The minimum absolute atomic E-state index is 0.302. The topological polar surface area (TPSA) is 60.2 Å². The summed E-state index contributed by atoms with van der Waals surface area (Å²) in [5.41, 5.74) is 2.50. The number of rotatable bonds is 5. The number of nitrogens with zero attached hydrogens (tertiary/aromatic N) is 1. The second kappa shape index (κ2) is 5.16. The molecule has 1 rings (SSSR count). The van der Waals surface area contributed by atoms with Crippen LogP contribution < -0.4 is 11.3 Å². The summed E-state index contributed by atoms with van der Waals surface area (Å²) in [7, 11) is 0. The molecule has 1 heterocycles. The summed E-state index contributed by atoms with van der Waals surface area (Å²) in [6.07, 6.45) is 3.11. The Bertz CT molecular complexity index is 251. The molecule has 0 saturated carbocycles. The van der Waals surface area contributed by atoms with Gasteiger partial charge in [0.2, 0.25) is 0 Å². The Labute approximate surface area is 82.1 Å². The molecule has 0 aliphatic heterocycles. The number of nitrogens with one attached hydrogen (secondary N) is 1. The van der Waals surface area contributed by atoms with Crippen LogP contribution in [0.4, 0.5) is 5.13 Å². The molecule has 0 amide bonds. The van der Waals surface area contributed by atoms with Gasteiger partial charge in [-0.2, -0.15) is 0 Å². The Kier molecular flexibility index (Phi) is 4.14. The highest BCUT2D eigenvalue weighted by Crippen LogP contribution is 2.18. The van der Waals surface area contributed by atoms with Crippen LogP contribution in [0.2, 0.25) is 0 Å². The molecular formula is C8H15N3OS. The first-order valence-electron chi connectivity index (χ1n) is 4.29. The number of thiazole rings is 1. The van der Waals surface area contributed by atoms with Crippen molar-refractivity contribution in [1.29, 1.82) is 0 Å². The molecule has 4 nitrogen and oxygen atoms in total. The summed E-state index contributed by atoms with van der Waals surface area (Å²) in [6.45, 7) is 4.78. The largest absolute Gasteiger partial charge is 0.373 e. The summed E-state index contributed by atoms with van der Waals surface area (Å²) in [5.74, 6) is 5.20. The van der Waals surface area contributed by atoms with E-state index in [1.807, 2.05) is 0 Å². The van der Waals surface area contributed by atoms with Crippen molar-refractivity contribution >= 4 is 16.5 Å². The van der Waals surface area contributed by atoms with Crippen molar-refractivity contribution in [2.24, 2.45) is 5.84 Å². The third-order valence-electron chi connectivity index (χ3n) is 1.76. The maximum Gasteiger partial charge on any atom is 0.197 e. The monoisotopic (exact) mass is 201 g/mol. The van der Waals surface area contributed by atoms with E-state index in [1.54, 1.807) is 6.20 Å². The lowest BCUT2D eigenvalue weighted by Gasteiger charge is -2.08. The van der Waals surface area contributed by atoms with E-state index < -0.39 is 0 Å². The van der Waals surface area contributed by atoms with Crippen molar-refractivity contribution < 1.29 is 4.74 Å². The van der Waals surface area contributed by atoms with Gasteiger partial charge in [-0.15, -0.1) is 0 Å². The van der Waals surface area contributed by atoms with Gasteiger partial charge in [0, 0.05) is 6.20 Å². The quantitative estimate of drug-likeness (QED) is 0.563. The molecule has 13 heavy (non-hydrogen) atoms. The van der Waals surface area contributed by atoms with Crippen LogP contribution >= 0.6 is 11.3 Å². The summed E-state index contributed by atoms with van der Waals surface area (Å²) >= 11 is 1.51. The molecule has 1 atom stereocenters. The van der Waals surface area contributed by atoms with Gasteiger partial charge < -0.3 is 4.74 Å². The molecule has 0 fully saturated rings. The summed E-state index contributed by atoms with van der Waals surface area (Å²) in [6, 6.07) is 0. The van der Waals surface area contributed by atoms with Gasteiger partial charge in [-0.05, 0) is 13.3 Å². The van der Waals surface area contributed by atoms with Gasteiger partial charge in [0.25, 0.3) is 0 Å². The maximum absolute atomic E-state index is 5.54. The zero-order chi connectivity index (χ0) is 9.68. The van der Waals surface area contributed by atoms with Crippen LogP contribution in [0.15, 0.2) is 6.20 Å². The Morgan fingerprint density at radius 2 is 2.54 bits per heavy atom. The van der Waals surface area contributed by atoms with E-state index in [0.29, 0.717) is 12.7 Å². The van der Waals surface area contributed by atoms with Crippen LogP contribution in [0.1, 0.15) is 25.1 Å². The summed E-state index contributed by atoms with van der Waals surface area (Å²) < 4.78 is 5.54. The van der Waals surface area contributed by atoms with Crippen molar-refractivity contribution in [3.8, 4) is 0 Å². The first kappa shape index (κ1) is 10.4. The van der Waals surface area contributed by atoms with Gasteiger partial charge in [0.1, 0.15) is 0 Å². The fraction of sp³-hybridized carbons (Fsp3) is 0.625. The average Bonchev–Trinajstić information content (AvgIpc) is 2.61. The van der Waals surface area contributed by atoms with E-state index in [0.717, 1.165) is 16.4 Å². The number of hydrogen-bond acceptors (Lipinski definition) is 5. The number of aromatic nitrogens is 1. The second-order valence-corrected chi connectivity index (χ2v) is 3.92. The molecule has 0 saturated heterocycles. The van der Waals surface area contributed by atoms with Crippen LogP contribution in [0.3, 0.4) is 0 Å². The predicted octanol–water partition coefficient (Wildman–Crippen LogP) is 1.74. The van der Waals surface area contributed by atoms with E-state index in [9.17, 15) is 0 Å². The SMILES string of the molecule is CCC(C)OCc1cnc(NN)s1. The highest BCUT2D eigenvalue weighted by Gasteiger charge is 2.03. The second-order valence-electron chi connectivity index (χ2n) is 2.81. The minimum Gasteiger partial charge on any atom is -0.373 e. The molecule has 0 aliphatic carbocycles. The summed E-state index contributed by atoms with van der Waals surface area (Å²) in [5, 5.41) is 0.725. The third-order valence-corrected chi connectivity index (χ3v) is 2.66. The molecule has 0 spiro atoms. The van der Waals surface area contributed by atoms with Crippen LogP contribution in [-0.4, -0.2) is 11.1 Å². The van der Waals surface area contributed by atoms with E-state index >= 15 is 0 Å². The lowest BCUT2D eigenvalue weighted by Crippen LogP contribution is -2.05. The van der Waals surface area contributed by atoms with Gasteiger partial charge in [-0.3, -0.25) is 5.43 Å². The first-order valence-corrected chi connectivity index (χ1v) is 5.10. The van der Waals surface area contributed by atoms with Crippen LogP contribution in [-0.2, 0) is 11.3 Å². The highest BCUT2D eigenvalue weighted by atomic mass is 32.1. The predicted molar refractivity (Wildman–Crippen MR) is 54.5 cm³/mol. The van der Waals surface area contributed by atoms with E-state index in [2.05, 4.69) is 24.3 Å². The molecule has 3 N–H and O–H groups in total. The Morgan fingerprint density at radius 1 is 1.77 bits per heavy atom. The average molecular weight is 201 g/mol. The smallest absolute Gasteiger partial charge is 0.197 e. The third kappa shape index (κ3) is 3.30. The summed E-state index contributed by atoms with van der Waals surface area (Å²) in [4.78, 5) is 5.13. The molecular weight excluding hydrogens is 186 g/mol. The Balaban J connectivity index is 2.36. The van der Waals surface area contributed by atoms with E-state index in [-0.39, 0.29) is 0 Å². The van der Waals surface area contributed by atoms with Crippen molar-refractivity contribution in [2.45, 2.75) is 33.0 Å². The van der Waals surface area contributed by atoms with Gasteiger partial charge >= 0.3 is 0 Å². The van der Waals surface area contributed by atoms with Gasteiger partial charge in [-0.25, -0.2) is 10.8 Å². The minimum atomic E-state index is 0.302. The molecule has 0 aliphatic rings. The molecule has 1 unspecified atom stereocenters. The van der Waals surface area contributed by atoms with Gasteiger partial charge in [0.15, 0.2) is 5.13 Å². The van der Waals surface area contributed by atoms with Gasteiger partial charge in [0.05, 0.1) is 17.6 Å². The molecule has 1 aromatic rings. The van der Waals surface area contributed by atoms with Crippen LogP contribution in [0.5, 0.6) is 0 Å². The lowest BCUT2D eigenvalue weighted by atomic mass is 10.3. The van der Waals surface area contributed by atoms with Crippen molar-refractivity contribution in [2.75, 3.05) is 5.43 Å². The number of anilines is 1. The molecule has 5 heteroatoms. The number of hydrogen-bond donors (Lipinski definition) is 2. The van der Waals surface area contributed by atoms with Crippen molar-refractivity contribution in [3.05, 3.63) is 11.1 Å². The molecule has 0 bridgehead atoms. The normalized spacial score (nSPS) is 12.8. The molecule has 74 valence electrons. The maximum atomic E-state index is 5.54. The first-order chi connectivity index (χ1) is 6.26. The standard InChI is InChI=1S/C8H15N3OS/c1-3-6(2)12-5-7-4-10-8(11-9)13-7/h4,6H,3,5,9H2,1-2H3,(H,10,11). The van der Waals surface area contributed by atoms with Crippen molar-refractivity contribution in [3.63, 3.8) is 0 Å². The lowest BCUT2D eigenvalue weighted by molar-refractivity contribution is 0.0524. The number of hydrazine groups is 1. The van der Waals surface area contributed by atoms with Crippen molar-refractivity contribution in [1.82, 2.24) is 4.98 Å². The fourth-order valence-electron chi connectivity index (χ4n) is 0.783. The van der Waals surface area contributed by atoms with Crippen LogP contribution in [0.25, 0.3) is 0 Å². The number of nitrogens with two attached hydrogens (primary N) is 1. The van der Waals surface area contributed by atoms with Crippen LogP contribution in [0, 0.1) is 0 Å². The van der Waals surface area contributed by atoms with E-state index in [1.165, 1.54) is 11.3 Å². The number of nitrogen functional groups attached to an aromatic ring is 1. The van der Waals surface area contributed by atoms with Gasteiger partial charge in [-0.1, -0.05) is 18.3 Å². The molecule has 1 aromatic heterocycles. The molecule has 0 aromatic carbocycles. The van der Waals surface area contributed by atoms with E-state index in [4.69, 9.17) is 10.6 Å². The highest BCUT2D eigenvalue weighted by molar-refractivity contribution is 7.15. The molecule has 0 radical (unpaired) electrons. The Morgan fingerprint density at radius 3 is 3.08 bits per heavy atom. The zero-order valence-corrected chi connectivity index (χ0v) is 8.73.